The number of nitrogens with two attached hydrogens (primary N) is 1. The van der Waals surface area contributed by atoms with Gasteiger partial charge in [-0.05, 0) is 12.5 Å². The molecule has 1 rings (SSSR count). The topological polar surface area (TPSA) is 46.3 Å². The van der Waals surface area contributed by atoms with Crippen LogP contribution in [0.5, 0.6) is 0 Å². The Labute approximate surface area is 99.2 Å². The Morgan fingerprint density at radius 1 is 1.35 bits per heavy atom. The molecule has 0 saturated heterocycles. The maximum absolute atomic E-state index is 12.1. The number of hydrogen-bond acceptors (Lipinski definition) is 2. The Morgan fingerprint density at radius 3 is 2.35 bits per heavy atom. The highest BCUT2D eigenvalue weighted by Crippen LogP contribution is 2.14. The van der Waals surface area contributed by atoms with E-state index in [1.165, 1.54) is 7.05 Å². The zero-order valence-electron chi connectivity index (χ0n) is 9.86. The van der Waals surface area contributed by atoms with E-state index in [-0.39, 0.29) is 0 Å². The smallest absolute Gasteiger partial charge is 0.255 e. The SMILES string of the molecule is Cc1ccc(C(N)C(=O)N(C)CC(F)F)cc1. The lowest BCUT2D eigenvalue weighted by molar-refractivity contribution is -0.133. The standard InChI is InChI=1S/C12H16F2N2O/c1-8-3-5-9(6-4-8)11(15)12(17)16(2)7-10(13)14/h3-6,10-11H,7,15H2,1-2H3. The van der Waals surface area contributed by atoms with Crippen LogP contribution in [0.15, 0.2) is 24.3 Å². The van der Waals surface area contributed by atoms with Crippen molar-refractivity contribution in [2.75, 3.05) is 13.6 Å². The molecule has 0 fully saturated rings. The lowest BCUT2D eigenvalue weighted by atomic mass is 10.1. The fraction of sp³-hybridized carbons (Fsp3) is 0.417. The molecule has 0 aliphatic rings. The molecule has 94 valence electrons. The van der Waals surface area contributed by atoms with Gasteiger partial charge in [0, 0.05) is 7.05 Å². The molecule has 0 spiro atoms. The Bertz CT molecular complexity index is 379. The summed E-state index contributed by atoms with van der Waals surface area (Å²) in [5.74, 6) is -0.505. The molecule has 0 bridgehead atoms. The molecule has 0 aliphatic heterocycles. The highest BCUT2D eigenvalue weighted by Gasteiger charge is 2.21. The van der Waals surface area contributed by atoms with Crippen LogP contribution in [0, 0.1) is 6.92 Å². The number of amides is 1. The molecular formula is C12H16F2N2O. The van der Waals surface area contributed by atoms with E-state index in [9.17, 15) is 13.6 Å². The first-order valence-electron chi connectivity index (χ1n) is 5.27. The Hall–Kier alpha value is -1.49. The first kappa shape index (κ1) is 13.6. The van der Waals surface area contributed by atoms with Gasteiger partial charge in [0.2, 0.25) is 5.91 Å². The summed E-state index contributed by atoms with van der Waals surface area (Å²) in [7, 11) is 1.32. The van der Waals surface area contributed by atoms with E-state index in [1.54, 1.807) is 12.1 Å². The number of carbonyl (C=O) groups excluding carboxylic acids is 1. The fourth-order valence-electron chi connectivity index (χ4n) is 1.45. The maximum Gasteiger partial charge on any atom is 0.255 e. The van der Waals surface area contributed by atoms with Gasteiger partial charge < -0.3 is 10.6 Å². The predicted molar refractivity (Wildman–Crippen MR) is 61.7 cm³/mol. The molecule has 1 unspecified atom stereocenters. The van der Waals surface area contributed by atoms with Crippen LogP contribution in [0.25, 0.3) is 0 Å². The summed E-state index contributed by atoms with van der Waals surface area (Å²) in [6.45, 7) is 1.32. The van der Waals surface area contributed by atoms with Crippen molar-refractivity contribution < 1.29 is 13.6 Å². The zero-order valence-corrected chi connectivity index (χ0v) is 9.86. The zero-order chi connectivity index (χ0) is 13.0. The van der Waals surface area contributed by atoms with Gasteiger partial charge in [-0.25, -0.2) is 8.78 Å². The van der Waals surface area contributed by atoms with Crippen molar-refractivity contribution in [2.45, 2.75) is 19.4 Å². The third kappa shape index (κ3) is 3.78. The summed E-state index contributed by atoms with van der Waals surface area (Å²) < 4.78 is 24.3. The van der Waals surface area contributed by atoms with Crippen molar-refractivity contribution >= 4 is 5.91 Å². The molecule has 0 aromatic heterocycles. The molecule has 0 aliphatic carbocycles. The molecule has 1 aromatic carbocycles. The molecule has 2 N–H and O–H groups in total. The van der Waals surface area contributed by atoms with Crippen LogP contribution in [-0.4, -0.2) is 30.8 Å². The van der Waals surface area contributed by atoms with Gasteiger partial charge in [0.25, 0.3) is 6.43 Å². The van der Waals surface area contributed by atoms with E-state index in [4.69, 9.17) is 5.73 Å². The summed E-state index contributed by atoms with van der Waals surface area (Å²) in [5.41, 5.74) is 7.41. The highest BCUT2D eigenvalue weighted by atomic mass is 19.3. The third-order valence-corrected chi connectivity index (χ3v) is 2.49. The van der Waals surface area contributed by atoms with E-state index in [2.05, 4.69) is 0 Å². The predicted octanol–water partition coefficient (Wildman–Crippen LogP) is 1.72. The van der Waals surface area contributed by atoms with Crippen molar-refractivity contribution in [1.29, 1.82) is 0 Å². The average Bonchev–Trinajstić information content (AvgIpc) is 2.27. The number of alkyl halides is 2. The molecule has 1 aromatic rings. The normalized spacial score (nSPS) is 12.6. The minimum absolute atomic E-state index is 0.505. The first-order chi connectivity index (χ1) is 7.91. The van der Waals surface area contributed by atoms with Crippen LogP contribution < -0.4 is 5.73 Å². The Balaban J connectivity index is 2.72. The number of rotatable bonds is 4. The van der Waals surface area contributed by atoms with Crippen molar-refractivity contribution in [3.8, 4) is 0 Å². The highest BCUT2D eigenvalue weighted by molar-refractivity contribution is 5.82. The van der Waals surface area contributed by atoms with Crippen LogP contribution in [0.2, 0.25) is 0 Å². The number of nitrogens with zero attached hydrogens (tertiary/aromatic N) is 1. The monoisotopic (exact) mass is 242 g/mol. The van der Waals surface area contributed by atoms with Gasteiger partial charge in [0.05, 0.1) is 6.54 Å². The molecule has 0 saturated carbocycles. The van der Waals surface area contributed by atoms with Crippen molar-refractivity contribution in [3.63, 3.8) is 0 Å². The molecular weight excluding hydrogens is 226 g/mol. The number of hydrogen-bond donors (Lipinski definition) is 1. The van der Waals surface area contributed by atoms with Crippen LogP contribution in [0.4, 0.5) is 8.78 Å². The van der Waals surface area contributed by atoms with Crippen molar-refractivity contribution in [2.24, 2.45) is 5.73 Å². The van der Waals surface area contributed by atoms with Crippen LogP contribution in [0.3, 0.4) is 0 Å². The number of carbonyl (C=O) groups is 1. The van der Waals surface area contributed by atoms with Gasteiger partial charge in [-0.1, -0.05) is 29.8 Å². The molecule has 1 amide bonds. The lowest BCUT2D eigenvalue weighted by Crippen LogP contribution is -2.38. The lowest BCUT2D eigenvalue weighted by Gasteiger charge is -2.21. The Kier molecular flexibility index (Phi) is 4.57. The van der Waals surface area contributed by atoms with Gasteiger partial charge in [-0.3, -0.25) is 4.79 Å². The summed E-state index contributed by atoms with van der Waals surface area (Å²) in [4.78, 5) is 12.7. The molecule has 0 heterocycles. The molecule has 17 heavy (non-hydrogen) atoms. The summed E-state index contributed by atoms with van der Waals surface area (Å²) in [6, 6.07) is 6.23. The summed E-state index contributed by atoms with van der Waals surface area (Å²) >= 11 is 0. The van der Waals surface area contributed by atoms with Crippen LogP contribution in [0.1, 0.15) is 17.2 Å². The number of benzene rings is 1. The maximum atomic E-state index is 12.1. The van der Waals surface area contributed by atoms with Crippen LogP contribution in [-0.2, 0) is 4.79 Å². The average molecular weight is 242 g/mol. The van der Waals surface area contributed by atoms with E-state index >= 15 is 0 Å². The van der Waals surface area contributed by atoms with Gasteiger partial charge in [-0.2, -0.15) is 0 Å². The summed E-state index contributed by atoms with van der Waals surface area (Å²) in [6.07, 6.45) is -2.55. The second-order valence-corrected chi connectivity index (χ2v) is 4.00. The van der Waals surface area contributed by atoms with Crippen molar-refractivity contribution in [3.05, 3.63) is 35.4 Å². The van der Waals surface area contributed by atoms with Crippen LogP contribution >= 0.6 is 0 Å². The number of likely N-dealkylation sites (N-methyl/N-ethyl adjacent to an activating group) is 1. The first-order valence-corrected chi connectivity index (χ1v) is 5.27. The Morgan fingerprint density at radius 2 is 1.88 bits per heavy atom. The summed E-state index contributed by atoms with van der Waals surface area (Å²) in [5, 5.41) is 0. The minimum atomic E-state index is -2.55. The van der Waals surface area contributed by atoms with Gasteiger partial charge in [0.1, 0.15) is 6.04 Å². The van der Waals surface area contributed by atoms with Gasteiger partial charge in [-0.15, -0.1) is 0 Å². The quantitative estimate of drug-likeness (QED) is 0.873. The number of halogens is 2. The van der Waals surface area contributed by atoms with E-state index in [0.29, 0.717) is 5.56 Å². The van der Waals surface area contributed by atoms with Crippen molar-refractivity contribution in [1.82, 2.24) is 4.90 Å². The second kappa shape index (κ2) is 5.72. The molecule has 0 radical (unpaired) electrons. The van der Waals surface area contributed by atoms with Gasteiger partial charge in [0.15, 0.2) is 0 Å². The molecule has 5 heteroatoms. The fourth-order valence-corrected chi connectivity index (χ4v) is 1.45. The van der Waals surface area contributed by atoms with E-state index in [0.717, 1.165) is 10.5 Å². The molecule has 1 atom stereocenters. The van der Waals surface area contributed by atoms with E-state index < -0.39 is 24.9 Å². The largest absolute Gasteiger partial charge is 0.338 e. The number of aryl methyl sites for hydroxylation is 1. The molecule has 3 nitrogen and oxygen atoms in total. The van der Waals surface area contributed by atoms with Gasteiger partial charge >= 0.3 is 0 Å². The minimum Gasteiger partial charge on any atom is -0.338 e. The third-order valence-electron chi connectivity index (χ3n) is 2.49. The van der Waals surface area contributed by atoms with E-state index in [1.807, 2.05) is 19.1 Å². The second-order valence-electron chi connectivity index (χ2n) is 4.00.